The fraction of sp³-hybridized carbons (Fsp3) is 1.00. The van der Waals surface area contributed by atoms with Crippen LogP contribution in [0.5, 0.6) is 0 Å². The van der Waals surface area contributed by atoms with Crippen LogP contribution in [0.15, 0.2) is 0 Å². The molecule has 1 aliphatic carbocycles. The van der Waals surface area contributed by atoms with Crippen molar-refractivity contribution in [2.75, 3.05) is 20.8 Å². The second kappa shape index (κ2) is 5.82. The number of piperidine rings is 1. The van der Waals surface area contributed by atoms with Crippen molar-refractivity contribution in [1.29, 1.82) is 0 Å². The first-order valence-electron chi connectivity index (χ1n) is 6.98. The van der Waals surface area contributed by atoms with E-state index in [9.17, 15) is 0 Å². The van der Waals surface area contributed by atoms with Gasteiger partial charge in [-0.25, -0.2) is 0 Å². The molecule has 1 saturated heterocycles. The lowest BCUT2D eigenvalue weighted by atomic mass is 9.70. The maximum absolute atomic E-state index is 5.59. The fourth-order valence-electron chi connectivity index (χ4n) is 3.72. The quantitative estimate of drug-likeness (QED) is 0.723. The standard InChI is InChI=1S/C13H27NO2Si/c1-10-8-12-6-5-7-14(17(15-3)16-4)13(12)9-11(10)2/h10-13,17H,5-9H2,1-4H3. The van der Waals surface area contributed by atoms with Gasteiger partial charge in [-0.2, -0.15) is 0 Å². The monoisotopic (exact) mass is 257 g/mol. The van der Waals surface area contributed by atoms with E-state index < -0.39 is 9.45 Å². The van der Waals surface area contributed by atoms with Gasteiger partial charge in [0.05, 0.1) is 0 Å². The van der Waals surface area contributed by atoms with E-state index in [1.54, 1.807) is 14.2 Å². The third kappa shape index (κ3) is 2.75. The summed E-state index contributed by atoms with van der Waals surface area (Å²) in [6.45, 7) is 6.01. The predicted octanol–water partition coefficient (Wildman–Crippen LogP) is 2.14. The van der Waals surface area contributed by atoms with Gasteiger partial charge in [-0.15, -0.1) is 0 Å². The molecule has 100 valence electrons. The van der Waals surface area contributed by atoms with E-state index in [0.29, 0.717) is 0 Å². The van der Waals surface area contributed by atoms with Crippen LogP contribution in [0.25, 0.3) is 0 Å². The highest BCUT2D eigenvalue weighted by Gasteiger charge is 2.41. The number of rotatable bonds is 3. The summed E-state index contributed by atoms with van der Waals surface area (Å²) >= 11 is 0. The molecule has 1 saturated carbocycles. The molecule has 0 amide bonds. The molecule has 0 bridgehead atoms. The van der Waals surface area contributed by atoms with Gasteiger partial charge in [0.2, 0.25) is 0 Å². The lowest BCUT2D eigenvalue weighted by Crippen LogP contribution is -2.57. The Morgan fingerprint density at radius 2 is 1.71 bits per heavy atom. The lowest BCUT2D eigenvalue weighted by molar-refractivity contribution is 0.0403. The summed E-state index contributed by atoms with van der Waals surface area (Å²) in [6.07, 6.45) is 5.46. The number of hydrogen-bond donors (Lipinski definition) is 0. The van der Waals surface area contributed by atoms with Crippen molar-refractivity contribution in [3.63, 3.8) is 0 Å². The Bertz CT molecular complexity index is 248. The smallest absolute Gasteiger partial charge is 0.388 e. The van der Waals surface area contributed by atoms with Gasteiger partial charge < -0.3 is 8.85 Å². The first kappa shape index (κ1) is 13.5. The van der Waals surface area contributed by atoms with E-state index >= 15 is 0 Å². The highest BCUT2D eigenvalue weighted by molar-refractivity contribution is 6.41. The van der Waals surface area contributed by atoms with Crippen LogP contribution in [0.1, 0.15) is 39.5 Å². The molecule has 4 heteroatoms. The minimum atomic E-state index is -1.58. The van der Waals surface area contributed by atoms with Crippen molar-refractivity contribution in [3.8, 4) is 0 Å². The molecule has 2 fully saturated rings. The van der Waals surface area contributed by atoms with Gasteiger partial charge in [0.25, 0.3) is 0 Å². The third-order valence-electron chi connectivity index (χ3n) is 4.89. The zero-order valence-corrected chi connectivity index (χ0v) is 12.8. The number of hydrogen-bond acceptors (Lipinski definition) is 3. The molecular formula is C13H27NO2Si. The third-order valence-corrected chi connectivity index (χ3v) is 6.88. The highest BCUT2D eigenvalue weighted by atomic mass is 28.3. The number of nitrogens with zero attached hydrogens (tertiary/aromatic N) is 1. The predicted molar refractivity (Wildman–Crippen MR) is 71.9 cm³/mol. The van der Waals surface area contributed by atoms with Crippen LogP contribution in [-0.4, -0.2) is 40.8 Å². The van der Waals surface area contributed by atoms with Crippen LogP contribution in [0.2, 0.25) is 0 Å². The summed E-state index contributed by atoms with van der Waals surface area (Å²) in [7, 11) is 2.03. The SMILES string of the molecule is CO[SiH](OC)N1CCCC2CC(C)C(C)CC21. The van der Waals surface area contributed by atoms with Crippen LogP contribution in [0.3, 0.4) is 0 Å². The molecule has 1 heterocycles. The van der Waals surface area contributed by atoms with Crippen molar-refractivity contribution in [3.05, 3.63) is 0 Å². The van der Waals surface area contributed by atoms with Gasteiger partial charge in [-0.3, -0.25) is 4.57 Å². The van der Waals surface area contributed by atoms with Crippen LogP contribution < -0.4 is 0 Å². The van der Waals surface area contributed by atoms with Crippen LogP contribution in [-0.2, 0) is 8.85 Å². The molecule has 0 N–H and O–H groups in total. The van der Waals surface area contributed by atoms with Crippen molar-refractivity contribution in [1.82, 2.24) is 4.57 Å². The lowest BCUT2D eigenvalue weighted by Gasteiger charge is -2.49. The summed E-state index contributed by atoms with van der Waals surface area (Å²) in [4.78, 5) is 0. The summed E-state index contributed by atoms with van der Waals surface area (Å²) in [5.74, 6) is 2.62. The first-order chi connectivity index (χ1) is 8.17. The molecule has 0 radical (unpaired) electrons. The Morgan fingerprint density at radius 3 is 2.35 bits per heavy atom. The Morgan fingerprint density at radius 1 is 1.06 bits per heavy atom. The zero-order valence-electron chi connectivity index (χ0n) is 11.7. The molecule has 3 nitrogen and oxygen atoms in total. The van der Waals surface area contributed by atoms with E-state index in [-0.39, 0.29) is 0 Å². The minimum absolute atomic E-state index is 0.728. The number of fused-ring (bicyclic) bond motifs is 1. The Labute approximate surface area is 107 Å². The van der Waals surface area contributed by atoms with Gasteiger partial charge in [-0.1, -0.05) is 13.8 Å². The highest BCUT2D eigenvalue weighted by Crippen LogP contribution is 2.41. The van der Waals surface area contributed by atoms with E-state index in [0.717, 1.165) is 23.8 Å². The summed E-state index contributed by atoms with van der Waals surface area (Å²) in [6, 6.07) is 0.728. The maximum atomic E-state index is 5.59. The van der Waals surface area contributed by atoms with Crippen molar-refractivity contribution in [2.24, 2.45) is 17.8 Å². The van der Waals surface area contributed by atoms with E-state index in [2.05, 4.69) is 18.4 Å². The molecule has 4 unspecified atom stereocenters. The largest absolute Gasteiger partial charge is 0.410 e. The average molecular weight is 257 g/mol. The Balaban J connectivity index is 2.07. The van der Waals surface area contributed by atoms with Crippen molar-refractivity contribution >= 4 is 9.45 Å². The zero-order chi connectivity index (χ0) is 12.4. The van der Waals surface area contributed by atoms with E-state index in [1.165, 1.54) is 32.2 Å². The van der Waals surface area contributed by atoms with Crippen LogP contribution in [0, 0.1) is 17.8 Å². The Kier molecular flexibility index (Phi) is 4.63. The Hall–Kier alpha value is 0.0969. The van der Waals surface area contributed by atoms with Crippen molar-refractivity contribution in [2.45, 2.75) is 45.6 Å². The van der Waals surface area contributed by atoms with E-state index in [1.807, 2.05) is 0 Å². The fourth-order valence-corrected chi connectivity index (χ4v) is 5.52. The molecule has 2 aliphatic rings. The molecule has 17 heavy (non-hydrogen) atoms. The average Bonchev–Trinajstić information content (AvgIpc) is 2.33. The van der Waals surface area contributed by atoms with Gasteiger partial charge in [-0.05, 0) is 50.0 Å². The molecule has 0 aromatic carbocycles. The maximum Gasteiger partial charge on any atom is 0.410 e. The topological polar surface area (TPSA) is 21.7 Å². The second-order valence-electron chi connectivity index (χ2n) is 5.91. The molecule has 4 atom stereocenters. The van der Waals surface area contributed by atoms with Crippen molar-refractivity contribution < 1.29 is 8.85 Å². The van der Waals surface area contributed by atoms with Gasteiger partial charge in [0, 0.05) is 20.3 Å². The van der Waals surface area contributed by atoms with Crippen LogP contribution in [0.4, 0.5) is 0 Å². The molecular weight excluding hydrogens is 230 g/mol. The first-order valence-corrected chi connectivity index (χ1v) is 8.44. The van der Waals surface area contributed by atoms with E-state index in [4.69, 9.17) is 8.85 Å². The molecule has 1 aliphatic heterocycles. The summed E-state index contributed by atoms with van der Waals surface area (Å²) < 4.78 is 13.8. The summed E-state index contributed by atoms with van der Waals surface area (Å²) in [5, 5.41) is 0. The summed E-state index contributed by atoms with van der Waals surface area (Å²) in [5.41, 5.74) is 0. The molecule has 2 rings (SSSR count). The second-order valence-corrected chi connectivity index (χ2v) is 8.13. The van der Waals surface area contributed by atoms with Gasteiger partial charge in [0.1, 0.15) is 0 Å². The van der Waals surface area contributed by atoms with Gasteiger partial charge >= 0.3 is 9.45 Å². The minimum Gasteiger partial charge on any atom is -0.388 e. The molecule has 0 aromatic rings. The molecule has 0 aromatic heterocycles. The molecule has 0 spiro atoms. The van der Waals surface area contributed by atoms with Crippen LogP contribution >= 0.6 is 0 Å². The normalized spacial score (nSPS) is 39.4. The van der Waals surface area contributed by atoms with Gasteiger partial charge in [0.15, 0.2) is 0 Å².